The maximum atomic E-state index is 16.1. The summed E-state index contributed by atoms with van der Waals surface area (Å²) in [7, 11) is 1.88. The van der Waals surface area contributed by atoms with Crippen molar-refractivity contribution in [2.75, 3.05) is 40.0 Å². The van der Waals surface area contributed by atoms with Gasteiger partial charge in [0, 0.05) is 37.1 Å². The first-order chi connectivity index (χ1) is 19.2. The van der Waals surface area contributed by atoms with Crippen molar-refractivity contribution < 1.29 is 27.1 Å². The van der Waals surface area contributed by atoms with Gasteiger partial charge in [-0.3, -0.25) is 14.6 Å². The first-order valence-electron chi connectivity index (χ1n) is 15.7. The highest BCUT2D eigenvalue weighted by Crippen LogP contribution is 2.54. The summed E-state index contributed by atoms with van der Waals surface area (Å²) in [5.74, 6) is -2.72. The molecule has 5 aliphatic heterocycles. The molecular weight excluding hydrogens is 526 g/mol. The zero-order chi connectivity index (χ0) is 27.8. The van der Waals surface area contributed by atoms with Gasteiger partial charge in [-0.15, -0.1) is 0 Å². The SMILES string of the molecule is CN1CNNC1[C@@H](F)C1(C2CCCC(N3CC4C(CC(CN5C6CCC5CC6)CC4C(F)(F)F)C3=O)C2)COC1. The summed E-state index contributed by atoms with van der Waals surface area (Å²) >= 11 is 0. The van der Waals surface area contributed by atoms with Gasteiger partial charge in [0.05, 0.1) is 31.2 Å². The smallest absolute Gasteiger partial charge is 0.380 e. The van der Waals surface area contributed by atoms with Gasteiger partial charge in [-0.2, -0.15) is 13.2 Å². The van der Waals surface area contributed by atoms with Crippen molar-refractivity contribution in [2.45, 2.75) is 101 Å². The normalized spacial score (nSPS) is 44.7. The van der Waals surface area contributed by atoms with Crippen LogP contribution in [0.4, 0.5) is 17.6 Å². The molecule has 11 heteroatoms. The summed E-state index contributed by atoms with van der Waals surface area (Å²) in [4.78, 5) is 20.1. The van der Waals surface area contributed by atoms with Crippen LogP contribution in [0.15, 0.2) is 0 Å². The van der Waals surface area contributed by atoms with Crippen molar-refractivity contribution in [1.29, 1.82) is 0 Å². The fourth-order valence-corrected chi connectivity index (χ4v) is 10.0. The second-order valence-corrected chi connectivity index (χ2v) is 14.2. The van der Waals surface area contributed by atoms with E-state index in [1.807, 2.05) is 16.8 Å². The largest absolute Gasteiger partial charge is 0.392 e. The summed E-state index contributed by atoms with van der Waals surface area (Å²) in [6, 6.07) is 0.939. The third-order valence-corrected chi connectivity index (χ3v) is 12.2. The van der Waals surface area contributed by atoms with E-state index in [-0.39, 0.29) is 36.8 Å². The summed E-state index contributed by atoms with van der Waals surface area (Å²) in [6.07, 6.45) is 2.66. The molecule has 5 saturated heterocycles. The first-order valence-corrected chi connectivity index (χ1v) is 15.7. The van der Waals surface area contributed by atoms with Gasteiger partial charge in [0.2, 0.25) is 5.91 Å². The maximum absolute atomic E-state index is 16.1. The second kappa shape index (κ2) is 10.3. The molecule has 5 heterocycles. The van der Waals surface area contributed by atoms with Crippen molar-refractivity contribution in [3.05, 3.63) is 0 Å². The number of carbonyl (C=O) groups is 1. The standard InChI is InChI=1S/C29H45F4N5O2/c1-36-16-34-35-26(36)25(30)28(14-40-15-28)18-3-2-4-21(11-18)38-13-23-22(27(38)39)9-17(10-24(23)29(31,32)33)12-37-19-5-6-20(37)8-7-19/h17-26,34-35H,2-16H2,1H3/t17?,18?,19?,20?,21?,22?,23?,24?,25-,26?/m1/s1. The quantitative estimate of drug-likeness (QED) is 0.476. The molecule has 7 aliphatic rings. The van der Waals surface area contributed by atoms with Crippen molar-refractivity contribution in [3.63, 3.8) is 0 Å². The number of halogens is 4. The van der Waals surface area contributed by atoms with E-state index in [0.29, 0.717) is 51.4 Å². The molecular formula is C29H45F4N5O2. The number of hydrazine groups is 1. The van der Waals surface area contributed by atoms with E-state index >= 15 is 4.39 Å². The Bertz CT molecular complexity index is 945. The Morgan fingerprint density at radius 1 is 1.02 bits per heavy atom. The van der Waals surface area contributed by atoms with Crippen LogP contribution < -0.4 is 10.9 Å². The molecule has 8 atom stereocenters. The van der Waals surface area contributed by atoms with E-state index in [2.05, 4.69) is 15.8 Å². The Morgan fingerprint density at radius 2 is 1.75 bits per heavy atom. The number of nitrogens with zero attached hydrogens (tertiary/aromatic N) is 3. The molecule has 0 aromatic rings. The van der Waals surface area contributed by atoms with Crippen LogP contribution in [0.2, 0.25) is 0 Å². The highest BCUT2D eigenvalue weighted by atomic mass is 19.4. The van der Waals surface area contributed by atoms with Gasteiger partial charge >= 0.3 is 6.18 Å². The van der Waals surface area contributed by atoms with Gasteiger partial charge in [0.15, 0.2) is 0 Å². The van der Waals surface area contributed by atoms with Crippen LogP contribution in [0.5, 0.6) is 0 Å². The number of hydrogen-bond donors (Lipinski definition) is 2. The zero-order valence-electron chi connectivity index (χ0n) is 23.6. The minimum atomic E-state index is -4.29. The molecule has 0 aromatic carbocycles. The molecule has 40 heavy (non-hydrogen) atoms. The Kier molecular flexibility index (Phi) is 7.17. The lowest BCUT2D eigenvalue weighted by Crippen LogP contribution is -2.63. The highest BCUT2D eigenvalue weighted by Gasteiger charge is 2.60. The van der Waals surface area contributed by atoms with E-state index in [9.17, 15) is 18.0 Å². The van der Waals surface area contributed by atoms with E-state index in [0.717, 1.165) is 44.9 Å². The Morgan fingerprint density at radius 3 is 2.35 bits per heavy atom. The van der Waals surface area contributed by atoms with Gasteiger partial charge in [-0.1, -0.05) is 6.42 Å². The van der Waals surface area contributed by atoms with Gasteiger partial charge in [-0.05, 0) is 82.6 Å². The number of likely N-dealkylation sites (tertiary alicyclic amines) is 1. The fourth-order valence-electron chi connectivity index (χ4n) is 10.0. The topological polar surface area (TPSA) is 60.1 Å². The molecule has 2 N–H and O–H groups in total. The number of amides is 1. The van der Waals surface area contributed by atoms with E-state index in [4.69, 9.17) is 4.74 Å². The first kappa shape index (κ1) is 27.8. The molecule has 2 saturated carbocycles. The third kappa shape index (κ3) is 4.52. The van der Waals surface area contributed by atoms with Gasteiger partial charge in [-0.25, -0.2) is 15.2 Å². The van der Waals surface area contributed by atoms with Crippen molar-refractivity contribution in [3.8, 4) is 0 Å². The Labute approximate surface area is 234 Å². The molecule has 0 aromatic heterocycles. The van der Waals surface area contributed by atoms with Crippen molar-refractivity contribution >= 4 is 5.91 Å². The molecule has 7 nitrogen and oxygen atoms in total. The minimum Gasteiger partial charge on any atom is -0.380 e. The monoisotopic (exact) mass is 571 g/mol. The van der Waals surface area contributed by atoms with Gasteiger partial charge < -0.3 is 9.64 Å². The molecule has 2 aliphatic carbocycles. The minimum absolute atomic E-state index is 0.0398. The van der Waals surface area contributed by atoms with Crippen LogP contribution in [-0.4, -0.2) is 97.3 Å². The lowest BCUT2D eigenvalue weighted by Gasteiger charge is -2.53. The molecule has 7 unspecified atom stereocenters. The van der Waals surface area contributed by atoms with Gasteiger partial charge in [0.1, 0.15) is 12.3 Å². The van der Waals surface area contributed by atoms with Crippen LogP contribution in [0, 0.1) is 35.0 Å². The van der Waals surface area contributed by atoms with Crippen LogP contribution in [0.25, 0.3) is 0 Å². The number of fused-ring (bicyclic) bond motifs is 3. The van der Waals surface area contributed by atoms with Gasteiger partial charge in [0.25, 0.3) is 0 Å². The maximum Gasteiger partial charge on any atom is 0.392 e. The average Bonchev–Trinajstić information content (AvgIpc) is 3.67. The number of hydrogen-bond acceptors (Lipinski definition) is 6. The van der Waals surface area contributed by atoms with E-state index in [1.165, 1.54) is 0 Å². The van der Waals surface area contributed by atoms with Crippen LogP contribution in [0.3, 0.4) is 0 Å². The lowest BCUT2D eigenvalue weighted by atomic mass is 9.63. The van der Waals surface area contributed by atoms with Crippen LogP contribution in [0.1, 0.15) is 64.2 Å². The summed E-state index contributed by atoms with van der Waals surface area (Å²) < 4.78 is 65.0. The molecule has 7 fully saturated rings. The number of ether oxygens (including phenoxy) is 1. The summed E-state index contributed by atoms with van der Waals surface area (Å²) in [5.41, 5.74) is 5.44. The Balaban J connectivity index is 1.07. The predicted molar refractivity (Wildman–Crippen MR) is 140 cm³/mol. The Hall–Kier alpha value is -1.01. The van der Waals surface area contributed by atoms with Crippen LogP contribution in [-0.2, 0) is 9.53 Å². The third-order valence-electron chi connectivity index (χ3n) is 12.2. The molecule has 1 amide bonds. The van der Waals surface area contributed by atoms with E-state index < -0.39 is 41.7 Å². The number of nitrogens with one attached hydrogen (secondary N) is 2. The number of rotatable bonds is 6. The van der Waals surface area contributed by atoms with Crippen molar-refractivity contribution in [2.24, 2.45) is 35.0 Å². The van der Waals surface area contributed by atoms with Crippen molar-refractivity contribution in [1.82, 2.24) is 25.6 Å². The molecule has 226 valence electrons. The highest BCUT2D eigenvalue weighted by molar-refractivity contribution is 5.82. The number of alkyl halides is 4. The fraction of sp³-hybridized carbons (Fsp3) is 0.966. The van der Waals surface area contributed by atoms with E-state index in [1.54, 1.807) is 0 Å². The molecule has 2 bridgehead atoms. The molecule has 0 radical (unpaired) electrons. The summed E-state index contributed by atoms with van der Waals surface area (Å²) in [5, 5.41) is 0. The summed E-state index contributed by atoms with van der Waals surface area (Å²) in [6.45, 7) is 2.18. The second-order valence-electron chi connectivity index (χ2n) is 14.2. The molecule has 7 rings (SSSR count). The predicted octanol–water partition coefficient (Wildman–Crippen LogP) is 3.51. The molecule has 0 spiro atoms. The lowest BCUT2D eigenvalue weighted by molar-refractivity contribution is -0.205. The van der Waals surface area contributed by atoms with Crippen LogP contribution >= 0.6 is 0 Å². The average molecular weight is 572 g/mol. The zero-order valence-corrected chi connectivity index (χ0v) is 23.6. The number of carbonyl (C=O) groups excluding carboxylic acids is 1.